The van der Waals surface area contributed by atoms with E-state index >= 15 is 0 Å². The summed E-state index contributed by atoms with van der Waals surface area (Å²) in [4.78, 5) is 8.39. The zero-order valence-corrected chi connectivity index (χ0v) is 11.0. The van der Waals surface area contributed by atoms with Gasteiger partial charge in [-0.15, -0.1) is 0 Å². The van der Waals surface area contributed by atoms with Gasteiger partial charge in [0.1, 0.15) is 6.10 Å². The Balaban J connectivity index is 1.82. The molecule has 5 nitrogen and oxygen atoms in total. The van der Waals surface area contributed by atoms with E-state index in [0.717, 1.165) is 31.9 Å². The summed E-state index contributed by atoms with van der Waals surface area (Å²) in [6.45, 7) is 5.42. The normalized spacial score (nSPS) is 19.5. The SMILES string of the molecule is Cc1cnccc1Cn1cncc1C1CNCCO1. The average molecular weight is 258 g/mol. The molecule has 1 aliphatic heterocycles. The number of aryl methyl sites for hydroxylation is 1. The molecular weight excluding hydrogens is 240 g/mol. The Morgan fingerprint density at radius 2 is 2.37 bits per heavy atom. The van der Waals surface area contributed by atoms with Gasteiger partial charge in [0.2, 0.25) is 0 Å². The minimum Gasteiger partial charge on any atom is -0.369 e. The van der Waals surface area contributed by atoms with Crippen LogP contribution in [0.15, 0.2) is 31.0 Å². The molecule has 0 bridgehead atoms. The molecule has 1 N–H and O–H groups in total. The number of hydrogen-bond donors (Lipinski definition) is 1. The molecule has 3 rings (SSSR count). The first kappa shape index (κ1) is 12.3. The monoisotopic (exact) mass is 258 g/mol. The average Bonchev–Trinajstić information content (AvgIpc) is 2.91. The molecule has 1 unspecified atom stereocenters. The zero-order chi connectivity index (χ0) is 13.1. The summed E-state index contributed by atoms with van der Waals surface area (Å²) in [6.07, 6.45) is 7.59. The minimum atomic E-state index is 0.0957. The van der Waals surface area contributed by atoms with Gasteiger partial charge in [-0.2, -0.15) is 0 Å². The standard InChI is InChI=1S/C14H18N4O/c1-11-6-15-3-2-12(11)9-18-10-17-7-13(18)14-8-16-4-5-19-14/h2-3,6-7,10,14,16H,4-5,8-9H2,1H3. The molecule has 0 aromatic carbocycles. The highest BCUT2D eigenvalue weighted by Gasteiger charge is 2.19. The number of hydrogen-bond acceptors (Lipinski definition) is 4. The van der Waals surface area contributed by atoms with Gasteiger partial charge in [0.05, 0.1) is 24.8 Å². The largest absolute Gasteiger partial charge is 0.369 e. The molecule has 1 fully saturated rings. The van der Waals surface area contributed by atoms with Crippen molar-refractivity contribution >= 4 is 0 Å². The van der Waals surface area contributed by atoms with Crippen molar-refractivity contribution < 1.29 is 4.74 Å². The maximum absolute atomic E-state index is 5.80. The topological polar surface area (TPSA) is 52.0 Å². The highest BCUT2D eigenvalue weighted by molar-refractivity contribution is 5.22. The Kier molecular flexibility index (Phi) is 3.57. The van der Waals surface area contributed by atoms with Gasteiger partial charge >= 0.3 is 0 Å². The van der Waals surface area contributed by atoms with E-state index in [0.29, 0.717) is 0 Å². The van der Waals surface area contributed by atoms with Crippen molar-refractivity contribution in [3.8, 4) is 0 Å². The molecule has 0 aliphatic carbocycles. The molecule has 0 radical (unpaired) electrons. The Bertz CT molecular complexity index is 546. The predicted molar refractivity (Wildman–Crippen MR) is 71.9 cm³/mol. The molecule has 5 heteroatoms. The number of rotatable bonds is 3. The molecule has 3 heterocycles. The van der Waals surface area contributed by atoms with Crippen molar-refractivity contribution in [1.82, 2.24) is 19.9 Å². The van der Waals surface area contributed by atoms with Crippen LogP contribution >= 0.6 is 0 Å². The lowest BCUT2D eigenvalue weighted by atomic mass is 10.1. The number of nitrogens with one attached hydrogen (secondary N) is 1. The van der Waals surface area contributed by atoms with Crippen LogP contribution in [0.3, 0.4) is 0 Å². The number of pyridine rings is 1. The second kappa shape index (κ2) is 5.50. The van der Waals surface area contributed by atoms with Crippen molar-refractivity contribution in [1.29, 1.82) is 0 Å². The van der Waals surface area contributed by atoms with Gasteiger partial charge < -0.3 is 14.6 Å². The Hall–Kier alpha value is -1.72. The highest BCUT2D eigenvalue weighted by Crippen LogP contribution is 2.19. The summed E-state index contributed by atoms with van der Waals surface area (Å²) >= 11 is 0. The number of ether oxygens (including phenoxy) is 1. The fourth-order valence-corrected chi connectivity index (χ4v) is 2.35. The number of nitrogens with zero attached hydrogens (tertiary/aromatic N) is 3. The quantitative estimate of drug-likeness (QED) is 0.901. The van der Waals surface area contributed by atoms with E-state index in [1.807, 2.05) is 24.9 Å². The van der Waals surface area contributed by atoms with E-state index in [-0.39, 0.29) is 6.10 Å². The lowest BCUT2D eigenvalue weighted by Crippen LogP contribution is -2.34. The first-order valence-corrected chi connectivity index (χ1v) is 6.56. The van der Waals surface area contributed by atoms with E-state index in [1.54, 1.807) is 0 Å². The van der Waals surface area contributed by atoms with Crippen LogP contribution in [-0.4, -0.2) is 34.2 Å². The fraction of sp³-hybridized carbons (Fsp3) is 0.429. The van der Waals surface area contributed by atoms with E-state index < -0.39 is 0 Å². The molecule has 1 aliphatic rings. The van der Waals surface area contributed by atoms with E-state index in [9.17, 15) is 0 Å². The third-order valence-electron chi connectivity index (χ3n) is 3.48. The number of morpholine rings is 1. The summed E-state index contributed by atoms with van der Waals surface area (Å²) in [7, 11) is 0. The van der Waals surface area contributed by atoms with Crippen LogP contribution < -0.4 is 5.32 Å². The van der Waals surface area contributed by atoms with Crippen molar-refractivity contribution in [2.24, 2.45) is 0 Å². The Labute approximate surface area is 112 Å². The van der Waals surface area contributed by atoms with E-state index in [4.69, 9.17) is 4.74 Å². The fourth-order valence-electron chi connectivity index (χ4n) is 2.35. The molecular formula is C14H18N4O. The number of imidazole rings is 1. The Morgan fingerprint density at radius 1 is 1.42 bits per heavy atom. The van der Waals surface area contributed by atoms with Gasteiger partial charge in [0, 0.05) is 32.0 Å². The van der Waals surface area contributed by atoms with Crippen LogP contribution in [0.1, 0.15) is 22.9 Å². The first-order valence-electron chi connectivity index (χ1n) is 6.56. The van der Waals surface area contributed by atoms with Crippen LogP contribution in [0.2, 0.25) is 0 Å². The number of aromatic nitrogens is 3. The maximum atomic E-state index is 5.80. The van der Waals surface area contributed by atoms with E-state index in [2.05, 4.69) is 32.8 Å². The summed E-state index contributed by atoms with van der Waals surface area (Å²) in [6, 6.07) is 2.05. The van der Waals surface area contributed by atoms with Gasteiger partial charge in [-0.1, -0.05) is 0 Å². The van der Waals surface area contributed by atoms with Gasteiger partial charge in [-0.05, 0) is 24.1 Å². The Morgan fingerprint density at radius 3 is 3.16 bits per heavy atom. The maximum Gasteiger partial charge on any atom is 0.111 e. The van der Waals surface area contributed by atoms with Gasteiger partial charge in [0.25, 0.3) is 0 Å². The first-order chi connectivity index (χ1) is 9.34. The molecule has 0 saturated carbocycles. The van der Waals surface area contributed by atoms with E-state index in [1.165, 1.54) is 11.1 Å². The molecule has 2 aromatic rings. The second-order valence-electron chi connectivity index (χ2n) is 4.81. The van der Waals surface area contributed by atoms with Crippen LogP contribution in [0.25, 0.3) is 0 Å². The predicted octanol–water partition coefficient (Wildman–Crippen LogP) is 1.30. The third-order valence-corrected chi connectivity index (χ3v) is 3.48. The molecule has 0 spiro atoms. The molecule has 2 aromatic heterocycles. The van der Waals surface area contributed by atoms with Crippen LogP contribution in [0.4, 0.5) is 0 Å². The van der Waals surface area contributed by atoms with Crippen LogP contribution in [0.5, 0.6) is 0 Å². The second-order valence-corrected chi connectivity index (χ2v) is 4.81. The molecule has 0 amide bonds. The molecule has 1 saturated heterocycles. The third kappa shape index (κ3) is 2.67. The van der Waals surface area contributed by atoms with Crippen LogP contribution in [0, 0.1) is 6.92 Å². The van der Waals surface area contributed by atoms with Gasteiger partial charge in [-0.3, -0.25) is 4.98 Å². The highest BCUT2D eigenvalue weighted by atomic mass is 16.5. The van der Waals surface area contributed by atoms with Crippen molar-refractivity contribution in [3.63, 3.8) is 0 Å². The van der Waals surface area contributed by atoms with Crippen LogP contribution in [-0.2, 0) is 11.3 Å². The lowest BCUT2D eigenvalue weighted by molar-refractivity contribution is 0.0230. The molecule has 1 atom stereocenters. The summed E-state index contributed by atoms with van der Waals surface area (Å²) < 4.78 is 7.95. The van der Waals surface area contributed by atoms with Gasteiger partial charge in [0.15, 0.2) is 0 Å². The summed E-state index contributed by atoms with van der Waals surface area (Å²) in [5.41, 5.74) is 3.59. The molecule has 100 valence electrons. The van der Waals surface area contributed by atoms with Crippen molar-refractivity contribution in [2.75, 3.05) is 19.7 Å². The summed E-state index contributed by atoms with van der Waals surface area (Å²) in [5.74, 6) is 0. The lowest BCUT2D eigenvalue weighted by Gasteiger charge is -2.24. The molecule has 19 heavy (non-hydrogen) atoms. The van der Waals surface area contributed by atoms with Crippen molar-refractivity contribution in [2.45, 2.75) is 19.6 Å². The van der Waals surface area contributed by atoms with Gasteiger partial charge in [-0.25, -0.2) is 4.98 Å². The minimum absolute atomic E-state index is 0.0957. The summed E-state index contributed by atoms with van der Waals surface area (Å²) in [5, 5.41) is 3.35. The van der Waals surface area contributed by atoms with Crippen molar-refractivity contribution in [3.05, 3.63) is 47.8 Å². The smallest absolute Gasteiger partial charge is 0.111 e. The zero-order valence-electron chi connectivity index (χ0n) is 11.0.